The molecule has 1 aromatic carbocycles. The van der Waals surface area contributed by atoms with Crippen molar-refractivity contribution < 1.29 is 23.8 Å². The SMILES string of the molecule is COc1ccc(OC)c(C2CC(=O)OC2=O)c1. The second kappa shape index (κ2) is 4.45. The Bertz CT molecular complexity index is 466. The Morgan fingerprint density at radius 2 is 2.00 bits per heavy atom. The fourth-order valence-corrected chi connectivity index (χ4v) is 1.82. The van der Waals surface area contributed by atoms with Crippen molar-refractivity contribution in [1.29, 1.82) is 0 Å². The molecule has 0 saturated carbocycles. The van der Waals surface area contributed by atoms with Gasteiger partial charge in [-0.1, -0.05) is 0 Å². The molecule has 0 amide bonds. The molecule has 1 heterocycles. The van der Waals surface area contributed by atoms with Crippen LogP contribution in [0.5, 0.6) is 11.5 Å². The van der Waals surface area contributed by atoms with Gasteiger partial charge in [0.25, 0.3) is 0 Å². The molecule has 17 heavy (non-hydrogen) atoms. The van der Waals surface area contributed by atoms with Crippen molar-refractivity contribution in [3.8, 4) is 11.5 Å². The quantitative estimate of drug-likeness (QED) is 0.584. The molecule has 1 fully saturated rings. The predicted molar refractivity (Wildman–Crippen MR) is 58.0 cm³/mol. The maximum absolute atomic E-state index is 11.5. The van der Waals surface area contributed by atoms with E-state index in [-0.39, 0.29) is 6.42 Å². The Morgan fingerprint density at radius 1 is 1.24 bits per heavy atom. The van der Waals surface area contributed by atoms with Crippen LogP contribution in [0.1, 0.15) is 17.9 Å². The first-order valence-electron chi connectivity index (χ1n) is 5.12. The fraction of sp³-hybridized carbons (Fsp3) is 0.333. The van der Waals surface area contributed by atoms with E-state index in [4.69, 9.17) is 9.47 Å². The first kappa shape index (κ1) is 11.4. The Kier molecular flexibility index (Phi) is 2.99. The number of benzene rings is 1. The number of cyclic esters (lactones) is 2. The molecule has 0 N–H and O–H groups in total. The van der Waals surface area contributed by atoms with Crippen LogP contribution >= 0.6 is 0 Å². The minimum Gasteiger partial charge on any atom is -0.497 e. The van der Waals surface area contributed by atoms with E-state index in [9.17, 15) is 9.59 Å². The van der Waals surface area contributed by atoms with E-state index in [1.165, 1.54) is 14.2 Å². The molecule has 1 atom stereocenters. The lowest BCUT2D eigenvalue weighted by atomic mass is 9.96. The number of rotatable bonds is 3. The molecule has 0 aliphatic carbocycles. The molecule has 1 unspecified atom stereocenters. The Hall–Kier alpha value is -2.04. The highest BCUT2D eigenvalue weighted by atomic mass is 16.6. The summed E-state index contributed by atoms with van der Waals surface area (Å²) in [6.45, 7) is 0. The van der Waals surface area contributed by atoms with Crippen LogP contribution in [0, 0.1) is 0 Å². The lowest BCUT2D eigenvalue weighted by Crippen LogP contribution is -2.07. The Balaban J connectivity index is 2.42. The lowest BCUT2D eigenvalue weighted by Gasteiger charge is -2.12. The number of hydrogen-bond acceptors (Lipinski definition) is 5. The molecule has 90 valence electrons. The van der Waals surface area contributed by atoms with E-state index >= 15 is 0 Å². The van der Waals surface area contributed by atoms with Crippen molar-refractivity contribution in [2.24, 2.45) is 0 Å². The second-order valence-corrected chi connectivity index (χ2v) is 3.66. The van der Waals surface area contributed by atoms with Gasteiger partial charge in [-0.3, -0.25) is 9.59 Å². The maximum Gasteiger partial charge on any atom is 0.321 e. The van der Waals surface area contributed by atoms with Gasteiger partial charge >= 0.3 is 11.9 Å². The van der Waals surface area contributed by atoms with Crippen LogP contribution in [0.3, 0.4) is 0 Å². The summed E-state index contributed by atoms with van der Waals surface area (Å²) in [6, 6.07) is 5.11. The van der Waals surface area contributed by atoms with E-state index < -0.39 is 17.9 Å². The minimum absolute atomic E-state index is 0.0440. The van der Waals surface area contributed by atoms with Crippen LogP contribution in [-0.2, 0) is 14.3 Å². The van der Waals surface area contributed by atoms with Gasteiger partial charge < -0.3 is 14.2 Å². The fourth-order valence-electron chi connectivity index (χ4n) is 1.82. The molecule has 5 heteroatoms. The summed E-state index contributed by atoms with van der Waals surface area (Å²) < 4.78 is 14.8. The number of hydrogen-bond donors (Lipinski definition) is 0. The van der Waals surface area contributed by atoms with E-state index in [0.717, 1.165) is 0 Å². The summed E-state index contributed by atoms with van der Waals surface area (Å²) >= 11 is 0. The zero-order valence-corrected chi connectivity index (χ0v) is 9.56. The molecule has 5 nitrogen and oxygen atoms in total. The third-order valence-corrected chi connectivity index (χ3v) is 2.68. The first-order chi connectivity index (χ1) is 8.15. The monoisotopic (exact) mass is 236 g/mol. The molecule has 1 aliphatic rings. The van der Waals surface area contributed by atoms with Gasteiger partial charge in [-0.05, 0) is 18.2 Å². The van der Waals surface area contributed by atoms with Gasteiger partial charge in [0, 0.05) is 5.56 Å². The largest absolute Gasteiger partial charge is 0.497 e. The normalized spacial score (nSPS) is 19.1. The number of carbonyl (C=O) groups excluding carboxylic acids is 2. The van der Waals surface area contributed by atoms with E-state index in [2.05, 4.69) is 4.74 Å². The highest BCUT2D eigenvalue weighted by Crippen LogP contribution is 2.36. The zero-order chi connectivity index (χ0) is 12.4. The predicted octanol–water partition coefficient (Wildman–Crippen LogP) is 1.26. The first-order valence-corrected chi connectivity index (χ1v) is 5.12. The van der Waals surface area contributed by atoms with Gasteiger partial charge in [-0.15, -0.1) is 0 Å². The number of ether oxygens (including phenoxy) is 3. The molecular formula is C12H12O5. The van der Waals surface area contributed by atoms with Crippen LogP contribution in [0.4, 0.5) is 0 Å². The number of carbonyl (C=O) groups is 2. The van der Waals surface area contributed by atoms with Crippen molar-refractivity contribution in [2.75, 3.05) is 14.2 Å². The van der Waals surface area contributed by atoms with E-state index in [1.54, 1.807) is 18.2 Å². The molecule has 2 rings (SSSR count). The Morgan fingerprint density at radius 3 is 2.53 bits per heavy atom. The summed E-state index contributed by atoms with van der Waals surface area (Å²) in [5.74, 6) is -0.505. The molecular weight excluding hydrogens is 224 g/mol. The second-order valence-electron chi connectivity index (χ2n) is 3.66. The third kappa shape index (κ3) is 2.08. The van der Waals surface area contributed by atoms with Gasteiger partial charge in [0.2, 0.25) is 0 Å². The summed E-state index contributed by atoms with van der Waals surface area (Å²) in [5.41, 5.74) is 0.614. The molecule has 1 aliphatic heterocycles. The number of esters is 2. The van der Waals surface area contributed by atoms with E-state index in [0.29, 0.717) is 17.1 Å². The highest BCUT2D eigenvalue weighted by Gasteiger charge is 2.36. The lowest BCUT2D eigenvalue weighted by molar-refractivity contribution is -0.152. The number of methoxy groups -OCH3 is 2. The van der Waals surface area contributed by atoms with Gasteiger partial charge in [-0.2, -0.15) is 0 Å². The summed E-state index contributed by atoms with van der Waals surface area (Å²) in [4.78, 5) is 22.6. The van der Waals surface area contributed by atoms with Crippen molar-refractivity contribution >= 4 is 11.9 Å². The molecule has 0 bridgehead atoms. The Labute approximate surface area is 98.3 Å². The van der Waals surface area contributed by atoms with Crippen LogP contribution in [0.2, 0.25) is 0 Å². The summed E-state index contributed by atoms with van der Waals surface area (Å²) in [6.07, 6.45) is 0.0440. The average molecular weight is 236 g/mol. The van der Waals surface area contributed by atoms with Gasteiger partial charge in [0.05, 0.1) is 26.6 Å². The van der Waals surface area contributed by atoms with Crippen molar-refractivity contribution in [3.63, 3.8) is 0 Å². The molecule has 0 radical (unpaired) electrons. The minimum atomic E-state index is -0.604. The van der Waals surface area contributed by atoms with E-state index in [1.807, 2.05) is 0 Å². The van der Waals surface area contributed by atoms with Crippen LogP contribution in [0.15, 0.2) is 18.2 Å². The summed E-state index contributed by atoms with van der Waals surface area (Å²) in [5, 5.41) is 0. The zero-order valence-electron chi connectivity index (χ0n) is 9.56. The smallest absolute Gasteiger partial charge is 0.321 e. The standard InChI is InChI=1S/C12H12O5/c1-15-7-3-4-10(16-2)8(5-7)9-6-11(13)17-12(9)14/h3-5,9H,6H2,1-2H3. The topological polar surface area (TPSA) is 61.8 Å². The molecule has 0 spiro atoms. The average Bonchev–Trinajstić information content (AvgIpc) is 2.67. The van der Waals surface area contributed by atoms with Gasteiger partial charge in [0.15, 0.2) is 0 Å². The van der Waals surface area contributed by atoms with Crippen molar-refractivity contribution in [1.82, 2.24) is 0 Å². The van der Waals surface area contributed by atoms with Crippen LogP contribution < -0.4 is 9.47 Å². The third-order valence-electron chi connectivity index (χ3n) is 2.68. The highest BCUT2D eigenvalue weighted by molar-refractivity contribution is 5.98. The van der Waals surface area contributed by atoms with Crippen molar-refractivity contribution in [3.05, 3.63) is 23.8 Å². The van der Waals surface area contributed by atoms with Crippen molar-refractivity contribution in [2.45, 2.75) is 12.3 Å². The van der Waals surface area contributed by atoms with Crippen LogP contribution in [-0.4, -0.2) is 26.2 Å². The molecule has 1 saturated heterocycles. The van der Waals surface area contributed by atoms with Gasteiger partial charge in [0.1, 0.15) is 11.5 Å². The van der Waals surface area contributed by atoms with Gasteiger partial charge in [-0.25, -0.2) is 0 Å². The molecule has 1 aromatic rings. The van der Waals surface area contributed by atoms with Crippen LogP contribution in [0.25, 0.3) is 0 Å². The maximum atomic E-state index is 11.5. The molecule has 0 aromatic heterocycles. The summed E-state index contributed by atoms with van der Waals surface area (Å²) in [7, 11) is 3.04.